The number of carbonyl (C=O) groups is 2. The molecule has 0 aromatic heterocycles. The number of amidine groups is 1. The number of benzene rings is 2. The number of anilines is 1. The number of carbonyl (C=O) groups excluding carboxylic acids is 2. The quantitative estimate of drug-likeness (QED) is 0.740. The fourth-order valence-electron chi connectivity index (χ4n) is 2.60. The molecular weight excluding hydrogens is 382 g/mol. The highest BCUT2D eigenvalue weighted by molar-refractivity contribution is 7.90. The van der Waals surface area contributed by atoms with Crippen molar-refractivity contribution in [1.82, 2.24) is 5.32 Å². The molecule has 0 saturated heterocycles. The van der Waals surface area contributed by atoms with Crippen molar-refractivity contribution in [2.24, 2.45) is 4.40 Å². The minimum Gasteiger partial charge on any atom is -0.462 e. The van der Waals surface area contributed by atoms with E-state index in [2.05, 4.69) is 15.0 Å². The number of esters is 1. The molecule has 0 spiro atoms. The normalized spacial score (nSPS) is 14.2. The van der Waals surface area contributed by atoms with Crippen LogP contribution in [0.4, 0.5) is 5.69 Å². The van der Waals surface area contributed by atoms with Gasteiger partial charge in [0.1, 0.15) is 11.4 Å². The van der Waals surface area contributed by atoms with Crippen molar-refractivity contribution in [3.05, 3.63) is 59.7 Å². The second-order valence-electron chi connectivity index (χ2n) is 6.33. The first kappa shape index (κ1) is 19.6. The second kappa shape index (κ2) is 7.81. The first-order chi connectivity index (χ1) is 13.3. The average Bonchev–Trinajstić information content (AvgIpc) is 2.90. The maximum atomic E-state index is 12.1. The summed E-state index contributed by atoms with van der Waals surface area (Å²) in [7, 11) is -3.70. The van der Waals surface area contributed by atoms with Crippen LogP contribution in [0.1, 0.15) is 29.8 Å². The molecule has 2 N–H and O–H groups in total. The Kier molecular flexibility index (Phi) is 5.46. The zero-order valence-electron chi connectivity index (χ0n) is 15.3. The molecule has 0 unspecified atom stereocenters. The summed E-state index contributed by atoms with van der Waals surface area (Å²) in [6.45, 7) is 3.23. The van der Waals surface area contributed by atoms with Gasteiger partial charge in [-0.2, -0.15) is 8.42 Å². The number of nitrogens with one attached hydrogen (secondary N) is 2. The van der Waals surface area contributed by atoms with Crippen LogP contribution in [0, 0.1) is 0 Å². The summed E-state index contributed by atoms with van der Waals surface area (Å²) >= 11 is 0. The molecule has 0 saturated carbocycles. The van der Waals surface area contributed by atoms with Crippen molar-refractivity contribution in [3.8, 4) is 0 Å². The van der Waals surface area contributed by atoms with E-state index >= 15 is 0 Å². The Morgan fingerprint density at radius 3 is 2.43 bits per heavy atom. The van der Waals surface area contributed by atoms with Gasteiger partial charge in [0, 0.05) is 16.8 Å². The van der Waals surface area contributed by atoms with Crippen molar-refractivity contribution >= 4 is 33.4 Å². The lowest BCUT2D eigenvalue weighted by atomic mass is 10.1. The molecule has 3 rings (SSSR count). The zero-order chi connectivity index (χ0) is 20.3. The van der Waals surface area contributed by atoms with E-state index in [1.807, 2.05) is 0 Å². The number of nitrogens with zero attached hydrogens (tertiary/aromatic N) is 1. The van der Waals surface area contributed by atoms with Crippen molar-refractivity contribution in [3.63, 3.8) is 0 Å². The minimum absolute atomic E-state index is 0.154. The van der Waals surface area contributed by atoms with Gasteiger partial charge in [-0.1, -0.05) is 12.1 Å². The summed E-state index contributed by atoms with van der Waals surface area (Å²) in [5.41, 5.74) is 1.42. The van der Waals surface area contributed by atoms with E-state index < -0.39 is 21.9 Å². The third kappa shape index (κ3) is 4.37. The van der Waals surface area contributed by atoms with E-state index in [1.54, 1.807) is 56.3 Å². The molecule has 1 heterocycles. The van der Waals surface area contributed by atoms with Crippen LogP contribution in [0.2, 0.25) is 0 Å². The Morgan fingerprint density at radius 1 is 1.07 bits per heavy atom. The number of sulfonamides is 1. The van der Waals surface area contributed by atoms with Crippen LogP contribution in [0.3, 0.4) is 0 Å². The number of hydrogen-bond acceptors (Lipinski definition) is 6. The third-order valence-electron chi connectivity index (χ3n) is 3.80. The molecule has 0 atom stereocenters. The minimum atomic E-state index is -3.70. The van der Waals surface area contributed by atoms with E-state index in [0.29, 0.717) is 16.8 Å². The maximum Gasteiger partial charge on any atom is 0.325 e. The van der Waals surface area contributed by atoms with Gasteiger partial charge in [-0.25, -0.2) is 0 Å². The number of fused-ring (bicyclic) bond motifs is 1. The molecule has 0 radical (unpaired) electrons. The smallest absolute Gasteiger partial charge is 0.325 e. The Balaban J connectivity index is 1.66. The Hall–Kier alpha value is -3.20. The van der Waals surface area contributed by atoms with Crippen LogP contribution in [0.25, 0.3) is 0 Å². The topological polar surface area (TPSA) is 114 Å². The van der Waals surface area contributed by atoms with Crippen LogP contribution >= 0.6 is 0 Å². The fraction of sp³-hybridized carbons (Fsp3) is 0.211. The molecule has 146 valence electrons. The van der Waals surface area contributed by atoms with Crippen LogP contribution in [0.15, 0.2) is 57.8 Å². The highest BCUT2D eigenvalue weighted by atomic mass is 32.2. The molecule has 2 aromatic rings. The van der Waals surface area contributed by atoms with E-state index in [1.165, 1.54) is 6.07 Å². The first-order valence-electron chi connectivity index (χ1n) is 8.55. The van der Waals surface area contributed by atoms with Crippen molar-refractivity contribution < 1.29 is 22.7 Å². The summed E-state index contributed by atoms with van der Waals surface area (Å²) in [4.78, 5) is 23.7. The first-order valence-corrected chi connectivity index (χ1v) is 9.99. The van der Waals surface area contributed by atoms with Crippen molar-refractivity contribution in [2.75, 3.05) is 11.9 Å². The van der Waals surface area contributed by atoms with Crippen LogP contribution in [-0.4, -0.2) is 38.8 Å². The summed E-state index contributed by atoms with van der Waals surface area (Å²) < 4.78 is 32.9. The SMILES string of the molecule is CC(C)OC(=O)CNC(=O)c1ccc(NC2=NS(=O)(=O)c3ccccc32)cc1. The number of ether oxygens (including phenoxy) is 1. The predicted octanol–water partition coefficient (Wildman–Crippen LogP) is 1.93. The Labute approximate surface area is 162 Å². The fourth-order valence-corrected chi connectivity index (χ4v) is 3.77. The van der Waals surface area contributed by atoms with Gasteiger partial charge in [0.25, 0.3) is 15.9 Å². The van der Waals surface area contributed by atoms with Gasteiger partial charge < -0.3 is 15.4 Å². The largest absolute Gasteiger partial charge is 0.462 e. The maximum absolute atomic E-state index is 12.1. The van der Waals surface area contributed by atoms with Crippen LogP contribution < -0.4 is 10.6 Å². The molecule has 8 nitrogen and oxygen atoms in total. The number of amides is 1. The molecule has 2 aromatic carbocycles. The predicted molar refractivity (Wildman–Crippen MR) is 104 cm³/mol. The Morgan fingerprint density at radius 2 is 1.75 bits per heavy atom. The standard InChI is InChI=1S/C19H19N3O5S/c1-12(2)27-17(23)11-20-19(24)13-7-9-14(10-8-13)21-18-15-5-3-4-6-16(15)28(25,26)22-18/h3-10,12H,11H2,1-2H3,(H,20,24)(H,21,22). The van der Waals surface area contributed by atoms with E-state index in [9.17, 15) is 18.0 Å². The zero-order valence-corrected chi connectivity index (χ0v) is 16.1. The lowest BCUT2D eigenvalue weighted by Gasteiger charge is -2.10. The molecule has 0 aliphatic carbocycles. The highest BCUT2D eigenvalue weighted by Gasteiger charge is 2.28. The van der Waals surface area contributed by atoms with Gasteiger partial charge in [0.05, 0.1) is 6.10 Å². The summed E-state index contributed by atoms with van der Waals surface area (Å²) in [6.07, 6.45) is -0.248. The third-order valence-corrected chi connectivity index (χ3v) is 5.14. The van der Waals surface area contributed by atoms with Gasteiger partial charge in [0.15, 0.2) is 5.84 Å². The van der Waals surface area contributed by atoms with Gasteiger partial charge >= 0.3 is 5.97 Å². The van der Waals surface area contributed by atoms with Crippen molar-refractivity contribution in [2.45, 2.75) is 24.8 Å². The summed E-state index contributed by atoms with van der Waals surface area (Å²) in [5, 5.41) is 5.44. The van der Waals surface area contributed by atoms with E-state index in [4.69, 9.17) is 4.74 Å². The molecular formula is C19H19N3O5S. The Bertz CT molecular complexity index is 1040. The van der Waals surface area contributed by atoms with E-state index in [-0.39, 0.29) is 23.4 Å². The molecule has 1 aliphatic heterocycles. The monoisotopic (exact) mass is 401 g/mol. The van der Waals surface area contributed by atoms with Gasteiger partial charge in [-0.15, -0.1) is 4.40 Å². The lowest BCUT2D eigenvalue weighted by molar-refractivity contribution is -0.146. The average molecular weight is 401 g/mol. The van der Waals surface area contributed by atoms with Crippen molar-refractivity contribution in [1.29, 1.82) is 0 Å². The van der Waals surface area contributed by atoms with Crippen LogP contribution in [0.5, 0.6) is 0 Å². The second-order valence-corrected chi connectivity index (χ2v) is 7.91. The molecule has 1 aliphatic rings. The molecule has 0 fully saturated rings. The van der Waals surface area contributed by atoms with Gasteiger partial charge in [-0.3, -0.25) is 9.59 Å². The van der Waals surface area contributed by atoms with Gasteiger partial charge in [0.2, 0.25) is 0 Å². The molecule has 1 amide bonds. The highest BCUT2D eigenvalue weighted by Crippen LogP contribution is 2.26. The lowest BCUT2D eigenvalue weighted by Crippen LogP contribution is -2.31. The summed E-state index contributed by atoms with van der Waals surface area (Å²) in [6, 6.07) is 12.9. The van der Waals surface area contributed by atoms with Crippen LogP contribution in [-0.2, 0) is 19.6 Å². The summed E-state index contributed by atoms with van der Waals surface area (Å²) in [5.74, 6) is -0.705. The number of hydrogen-bond donors (Lipinski definition) is 2. The van der Waals surface area contributed by atoms with Gasteiger partial charge in [-0.05, 0) is 50.2 Å². The number of rotatable bonds is 5. The molecule has 28 heavy (non-hydrogen) atoms. The molecule has 0 bridgehead atoms. The van der Waals surface area contributed by atoms with E-state index in [0.717, 1.165) is 0 Å². The molecule has 9 heteroatoms.